The topological polar surface area (TPSA) is 79.8 Å². The van der Waals surface area contributed by atoms with Crippen molar-refractivity contribution in [2.75, 3.05) is 7.11 Å². The predicted octanol–water partition coefficient (Wildman–Crippen LogP) is 0.589. The second-order valence-electron chi connectivity index (χ2n) is 3.36. The van der Waals surface area contributed by atoms with Crippen molar-refractivity contribution in [1.29, 1.82) is 0 Å². The van der Waals surface area contributed by atoms with E-state index in [1.807, 2.05) is 0 Å². The number of carbonyl (C=O) groups is 2. The Hall–Kier alpha value is -1.48. The molecule has 1 fully saturated rings. The molecule has 0 saturated heterocycles. The molecule has 14 heavy (non-hydrogen) atoms. The number of carbonyl (C=O) groups excluding carboxylic acids is 2. The summed E-state index contributed by atoms with van der Waals surface area (Å²) in [5.41, 5.74) is 7.97. The molecule has 0 aromatic rings. The Labute approximate surface area is 81.7 Å². The van der Waals surface area contributed by atoms with Crippen molar-refractivity contribution in [3.63, 3.8) is 0 Å². The van der Waals surface area contributed by atoms with E-state index in [2.05, 4.69) is 9.53 Å². The van der Waals surface area contributed by atoms with Gasteiger partial charge in [0.2, 0.25) is 0 Å². The van der Waals surface area contributed by atoms with Crippen LogP contribution < -0.4 is 0 Å². The maximum absolute atomic E-state index is 11.4. The molecule has 0 amide bonds. The van der Waals surface area contributed by atoms with Gasteiger partial charge in [0.1, 0.15) is 0 Å². The molecule has 0 aromatic carbocycles. The minimum atomic E-state index is -0.878. The Morgan fingerprint density at radius 3 is 2.50 bits per heavy atom. The molecule has 76 valence electrons. The number of methoxy groups -OCH3 is 1. The molecule has 1 saturated carbocycles. The highest BCUT2D eigenvalue weighted by molar-refractivity contribution is 6.62. The summed E-state index contributed by atoms with van der Waals surface area (Å²) in [7, 11) is 1.14. The lowest BCUT2D eigenvalue weighted by molar-refractivity contribution is -0.139. The van der Waals surface area contributed by atoms with Gasteiger partial charge in [0.05, 0.1) is 7.11 Å². The van der Waals surface area contributed by atoms with Gasteiger partial charge in [-0.3, -0.25) is 4.79 Å². The van der Waals surface area contributed by atoms with Gasteiger partial charge >= 0.3 is 11.7 Å². The van der Waals surface area contributed by atoms with Gasteiger partial charge in [0.25, 0.3) is 5.78 Å². The molecule has 1 aliphatic carbocycles. The van der Waals surface area contributed by atoms with E-state index in [0.717, 1.165) is 26.4 Å². The predicted molar refractivity (Wildman–Crippen MR) is 47.6 cm³/mol. The third-order valence-electron chi connectivity index (χ3n) is 2.44. The molecule has 0 aromatic heterocycles. The Kier molecular flexibility index (Phi) is 3.54. The van der Waals surface area contributed by atoms with Gasteiger partial charge in [0, 0.05) is 6.42 Å². The minimum absolute atomic E-state index is 0.272. The molecule has 0 radical (unpaired) electrons. The highest BCUT2D eigenvalue weighted by Crippen LogP contribution is 2.29. The first-order valence-corrected chi connectivity index (χ1v) is 4.52. The van der Waals surface area contributed by atoms with Crippen LogP contribution in [0.25, 0.3) is 5.53 Å². The maximum Gasteiger partial charge on any atom is 0.441 e. The van der Waals surface area contributed by atoms with Crippen molar-refractivity contribution >= 4 is 17.5 Å². The zero-order chi connectivity index (χ0) is 10.6. The molecule has 0 unspecified atom stereocenters. The maximum atomic E-state index is 11.4. The molecule has 0 heterocycles. The molecule has 0 bridgehead atoms. The van der Waals surface area contributed by atoms with Crippen LogP contribution in [0.2, 0.25) is 0 Å². The largest absolute Gasteiger partial charge is 0.460 e. The number of ketones is 1. The highest BCUT2D eigenvalue weighted by atomic mass is 16.5. The summed E-state index contributed by atoms with van der Waals surface area (Å²) in [6, 6.07) is 0. The van der Waals surface area contributed by atoms with Crippen LogP contribution in [0.4, 0.5) is 0 Å². The minimum Gasteiger partial charge on any atom is -0.460 e. The summed E-state index contributed by atoms with van der Waals surface area (Å²) in [5, 5.41) is 0. The lowest BCUT2D eigenvalue weighted by Crippen LogP contribution is -2.29. The van der Waals surface area contributed by atoms with E-state index in [4.69, 9.17) is 5.53 Å². The summed E-state index contributed by atoms with van der Waals surface area (Å²) >= 11 is 0. The smallest absolute Gasteiger partial charge is 0.441 e. The fourth-order valence-electron chi connectivity index (χ4n) is 1.36. The molecule has 0 N–H and O–H groups in total. The zero-order valence-electron chi connectivity index (χ0n) is 8.02. The van der Waals surface area contributed by atoms with Crippen molar-refractivity contribution in [2.24, 2.45) is 5.92 Å². The van der Waals surface area contributed by atoms with Crippen LogP contribution in [0.3, 0.4) is 0 Å². The number of nitrogens with zero attached hydrogens (tertiary/aromatic N) is 2. The summed E-state index contributed by atoms with van der Waals surface area (Å²) in [6.45, 7) is 0. The first-order chi connectivity index (χ1) is 6.69. The van der Waals surface area contributed by atoms with Gasteiger partial charge in [-0.15, -0.1) is 0 Å². The number of rotatable bonds is 4. The van der Waals surface area contributed by atoms with E-state index in [9.17, 15) is 9.59 Å². The van der Waals surface area contributed by atoms with Gasteiger partial charge in [-0.25, -0.2) is 4.79 Å². The van der Waals surface area contributed by atoms with Crippen LogP contribution in [0.15, 0.2) is 0 Å². The molecule has 5 heteroatoms. The standard InChI is InChI=1S/C9H12N2O3/c1-14-9(13)8(11-10)7(12)5-6-3-2-4-6/h6H,2-5H2,1H3. The van der Waals surface area contributed by atoms with Crippen LogP contribution >= 0.6 is 0 Å². The molecule has 0 aliphatic heterocycles. The third-order valence-corrected chi connectivity index (χ3v) is 2.44. The monoisotopic (exact) mass is 196 g/mol. The summed E-state index contributed by atoms with van der Waals surface area (Å²) < 4.78 is 4.31. The van der Waals surface area contributed by atoms with E-state index < -0.39 is 17.5 Å². The number of hydrogen-bond donors (Lipinski definition) is 0. The molecule has 5 nitrogen and oxygen atoms in total. The molecular weight excluding hydrogens is 184 g/mol. The van der Waals surface area contributed by atoms with E-state index in [-0.39, 0.29) is 6.42 Å². The first kappa shape index (κ1) is 10.6. The van der Waals surface area contributed by atoms with E-state index in [0.29, 0.717) is 5.92 Å². The Bertz CT molecular complexity index is 301. The second-order valence-corrected chi connectivity index (χ2v) is 3.36. The Morgan fingerprint density at radius 2 is 2.14 bits per heavy atom. The van der Waals surface area contributed by atoms with Gasteiger partial charge < -0.3 is 10.3 Å². The third kappa shape index (κ3) is 2.26. The van der Waals surface area contributed by atoms with Crippen LogP contribution in [-0.2, 0) is 14.3 Å². The number of ether oxygens (including phenoxy) is 1. The van der Waals surface area contributed by atoms with E-state index in [1.165, 1.54) is 0 Å². The van der Waals surface area contributed by atoms with Crippen LogP contribution in [0.5, 0.6) is 0 Å². The number of hydrogen-bond acceptors (Lipinski definition) is 3. The summed E-state index contributed by atoms with van der Waals surface area (Å²) in [6.07, 6.45) is 3.41. The molecule has 1 aliphatic rings. The Morgan fingerprint density at radius 1 is 1.50 bits per heavy atom. The summed E-state index contributed by atoms with van der Waals surface area (Å²) in [5.74, 6) is -0.982. The molecule has 0 spiro atoms. The molecular formula is C9H12N2O3. The SMILES string of the molecule is COC(=O)C(=[N+]=[N-])C(=O)CC1CCC1. The zero-order valence-corrected chi connectivity index (χ0v) is 8.02. The van der Waals surface area contributed by atoms with Gasteiger partial charge in [0.15, 0.2) is 0 Å². The number of Topliss-reactive ketones (excluding diaryl/α,β-unsaturated/α-hetero) is 1. The average Bonchev–Trinajstić information content (AvgIpc) is 2.12. The lowest BCUT2D eigenvalue weighted by atomic mass is 9.81. The highest BCUT2D eigenvalue weighted by Gasteiger charge is 2.33. The fourth-order valence-corrected chi connectivity index (χ4v) is 1.36. The van der Waals surface area contributed by atoms with Crippen molar-refractivity contribution in [2.45, 2.75) is 25.7 Å². The van der Waals surface area contributed by atoms with E-state index >= 15 is 0 Å². The summed E-state index contributed by atoms with van der Waals surface area (Å²) in [4.78, 5) is 25.0. The quantitative estimate of drug-likeness (QED) is 0.217. The normalized spacial score (nSPS) is 15.2. The number of esters is 1. The van der Waals surface area contributed by atoms with Gasteiger partial charge in [-0.05, 0) is 18.8 Å². The molecule has 0 atom stereocenters. The molecule has 1 rings (SSSR count). The lowest BCUT2D eigenvalue weighted by Gasteiger charge is -2.23. The Balaban J connectivity index is 2.56. The fraction of sp³-hybridized carbons (Fsp3) is 0.667. The van der Waals surface area contributed by atoms with Gasteiger partial charge in [-0.1, -0.05) is 6.42 Å². The van der Waals surface area contributed by atoms with Crippen LogP contribution in [0, 0.1) is 5.92 Å². The van der Waals surface area contributed by atoms with Crippen molar-refractivity contribution < 1.29 is 19.1 Å². The van der Waals surface area contributed by atoms with Crippen LogP contribution in [-0.4, -0.2) is 29.4 Å². The first-order valence-electron chi connectivity index (χ1n) is 4.52. The average molecular weight is 196 g/mol. The van der Waals surface area contributed by atoms with E-state index in [1.54, 1.807) is 0 Å². The van der Waals surface area contributed by atoms with Crippen LogP contribution in [0.1, 0.15) is 25.7 Å². The van der Waals surface area contributed by atoms with Gasteiger partial charge in [-0.2, -0.15) is 4.79 Å². The van der Waals surface area contributed by atoms with Crippen molar-refractivity contribution in [1.82, 2.24) is 0 Å². The van der Waals surface area contributed by atoms with Crippen molar-refractivity contribution in [3.8, 4) is 0 Å². The second kappa shape index (κ2) is 4.67. The van der Waals surface area contributed by atoms with Crippen molar-refractivity contribution in [3.05, 3.63) is 5.53 Å².